The van der Waals surface area contributed by atoms with E-state index in [1.54, 1.807) is 29.2 Å². The van der Waals surface area contributed by atoms with Crippen LogP contribution in [0.25, 0.3) is 0 Å². The molecular formula is C16H13NO3S. The molecule has 1 amide bonds. The maximum atomic E-state index is 12.2. The number of amides is 1. The minimum atomic E-state index is -0.974. The molecule has 2 aromatic rings. The van der Waals surface area contributed by atoms with Gasteiger partial charge in [-0.3, -0.25) is 4.79 Å². The number of rotatable bonds is 3. The van der Waals surface area contributed by atoms with Crippen LogP contribution in [-0.4, -0.2) is 22.7 Å². The fourth-order valence-corrected chi connectivity index (χ4v) is 3.30. The first kappa shape index (κ1) is 13.7. The van der Waals surface area contributed by atoms with Gasteiger partial charge in [0.1, 0.15) is 0 Å². The van der Waals surface area contributed by atoms with Crippen molar-refractivity contribution in [3.8, 4) is 0 Å². The molecule has 21 heavy (non-hydrogen) atoms. The first-order valence-corrected chi connectivity index (χ1v) is 7.49. The molecule has 5 heteroatoms. The van der Waals surface area contributed by atoms with Crippen LogP contribution in [0.1, 0.15) is 15.9 Å². The van der Waals surface area contributed by atoms with Gasteiger partial charge in [-0.05, 0) is 23.8 Å². The fourth-order valence-electron chi connectivity index (χ4n) is 2.36. The third kappa shape index (κ3) is 2.64. The number of carbonyl (C=O) groups is 2. The number of fused-ring (bicyclic) bond motifs is 1. The van der Waals surface area contributed by atoms with Crippen molar-refractivity contribution in [3.05, 3.63) is 59.7 Å². The summed E-state index contributed by atoms with van der Waals surface area (Å²) < 4.78 is 0. The van der Waals surface area contributed by atoms with Gasteiger partial charge in [-0.2, -0.15) is 0 Å². The Labute approximate surface area is 126 Å². The summed E-state index contributed by atoms with van der Waals surface area (Å²) in [6.07, 6.45) is 0. The molecule has 0 saturated heterocycles. The zero-order chi connectivity index (χ0) is 14.8. The van der Waals surface area contributed by atoms with Crippen molar-refractivity contribution < 1.29 is 14.7 Å². The van der Waals surface area contributed by atoms with Crippen LogP contribution < -0.4 is 4.90 Å². The number of benzene rings is 2. The average molecular weight is 299 g/mol. The van der Waals surface area contributed by atoms with Gasteiger partial charge < -0.3 is 10.0 Å². The molecule has 1 aliphatic heterocycles. The summed E-state index contributed by atoms with van der Waals surface area (Å²) in [4.78, 5) is 26.2. The minimum absolute atomic E-state index is 0.00103. The quantitative estimate of drug-likeness (QED) is 0.946. The topological polar surface area (TPSA) is 57.6 Å². The molecule has 0 fully saturated rings. The molecule has 1 heterocycles. The molecule has 4 nitrogen and oxygen atoms in total. The Morgan fingerprint density at radius 1 is 1.14 bits per heavy atom. The molecule has 0 radical (unpaired) electrons. The molecule has 1 aliphatic rings. The Kier molecular flexibility index (Phi) is 3.66. The Hall–Kier alpha value is -2.27. The Morgan fingerprint density at radius 2 is 1.86 bits per heavy atom. The van der Waals surface area contributed by atoms with Gasteiger partial charge in [-0.1, -0.05) is 30.3 Å². The largest absolute Gasteiger partial charge is 0.478 e. The SMILES string of the molecule is O=C(O)c1ccccc1CN1C(=O)CSc2ccccc21. The van der Waals surface area contributed by atoms with Crippen LogP contribution in [0.2, 0.25) is 0 Å². The number of carbonyl (C=O) groups excluding carboxylic acids is 1. The van der Waals surface area contributed by atoms with Crippen molar-refractivity contribution in [2.45, 2.75) is 11.4 Å². The smallest absolute Gasteiger partial charge is 0.336 e. The van der Waals surface area contributed by atoms with Crippen LogP contribution in [0.15, 0.2) is 53.4 Å². The highest BCUT2D eigenvalue weighted by Gasteiger charge is 2.25. The van der Waals surface area contributed by atoms with Crippen molar-refractivity contribution in [2.24, 2.45) is 0 Å². The molecule has 0 saturated carbocycles. The Bertz CT molecular complexity index is 714. The summed E-state index contributed by atoms with van der Waals surface area (Å²) in [5.74, 6) is -0.594. The zero-order valence-corrected chi connectivity index (χ0v) is 12.0. The van der Waals surface area contributed by atoms with Crippen LogP contribution in [0, 0.1) is 0 Å². The number of thioether (sulfide) groups is 1. The van der Waals surface area contributed by atoms with E-state index < -0.39 is 5.97 Å². The van der Waals surface area contributed by atoms with Crippen molar-refractivity contribution in [2.75, 3.05) is 10.7 Å². The van der Waals surface area contributed by atoms with Gasteiger partial charge in [0.25, 0.3) is 0 Å². The molecule has 0 spiro atoms. The lowest BCUT2D eigenvalue weighted by molar-refractivity contribution is -0.116. The molecule has 1 N–H and O–H groups in total. The highest BCUT2D eigenvalue weighted by atomic mass is 32.2. The number of hydrogen-bond donors (Lipinski definition) is 1. The van der Waals surface area contributed by atoms with Crippen molar-refractivity contribution in [3.63, 3.8) is 0 Å². The van der Waals surface area contributed by atoms with Gasteiger partial charge in [-0.15, -0.1) is 11.8 Å². The molecule has 0 bridgehead atoms. The first-order chi connectivity index (χ1) is 10.2. The first-order valence-electron chi connectivity index (χ1n) is 6.50. The lowest BCUT2D eigenvalue weighted by atomic mass is 10.1. The monoisotopic (exact) mass is 299 g/mol. The van der Waals surface area contributed by atoms with E-state index in [-0.39, 0.29) is 18.0 Å². The summed E-state index contributed by atoms with van der Waals surface area (Å²) in [5, 5.41) is 9.25. The normalized spacial score (nSPS) is 13.9. The Balaban J connectivity index is 1.99. The fraction of sp³-hybridized carbons (Fsp3) is 0.125. The summed E-state index contributed by atoms with van der Waals surface area (Å²) >= 11 is 1.51. The van der Waals surface area contributed by atoms with Crippen LogP contribution >= 0.6 is 11.8 Å². The van der Waals surface area contributed by atoms with Crippen LogP contribution in [0.4, 0.5) is 5.69 Å². The maximum Gasteiger partial charge on any atom is 0.336 e. The molecule has 0 aliphatic carbocycles. The number of para-hydroxylation sites is 1. The van der Waals surface area contributed by atoms with E-state index >= 15 is 0 Å². The predicted molar refractivity (Wildman–Crippen MR) is 81.8 cm³/mol. The second-order valence-electron chi connectivity index (χ2n) is 4.70. The zero-order valence-electron chi connectivity index (χ0n) is 11.2. The lowest BCUT2D eigenvalue weighted by Gasteiger charge is -2.29. The minimum Gasteiger partial charge on any atom is -0.478 e. The summed E-state index contributed by atoms with van der Waals surface area (Å²) in [5.41, 5.74) is 1.72. The van der Waals surface area contributed by atoms with E-state index in [1.807, 2.05) is 24.3 Å². The molecule has 2 aromatic carbocycles. The summed E-state index contributed by atoms with van der Waals surface area (Å²) in [6, 6.07) is 14.5. The summed E-state index contributed by atoms with van der Waals surface area (Å²) in [7, 11) is 0. The van der Waals surface area contributed by atoms with Gasteiger partial charge >= 0.3 is 5.97 Å². The molecule has 106 valence electrons. The molecular weight excluding hydrogens is 286 g/mol. The van der Waals surface area contributed by atoms with Gasteiger partial charge in [0.15, 0.2) is 0 Å². The third-order valence-electron chi connectivity index (χ3n) is 3.38. The van der Waals surface area contributed by atoms with Crippen LogP contribution in [0.3, 0.4) is 0 Å². The number of carboxylic acids is 1. The average Bonchev–Trinajstić information content (AvgIpc) is 2.50. The molecule has 0 aromatic heterocycles. The van der Waals surface area contributed by atoms with Crippen LogP contribution in [0.5, 0.6) is 0 Å². The van der Waals surface area contributed by atoms with Crippen molar-refractivity contribution in [1.29, 1.82) is 0 Å². The maximum absolute atomic E-state index is 12.2. The predicted octanol–water partition coefficient (Wildman–Crippen LogP) is 3.02. The van der Waals surface area contributed by atoms with Crippen molar-refractivity contribution >= 4 is 29.3 Å². The second-order valence-corrected chi connectivity index (χ2v) is 5.72. The number of carboxylic acid groups (broad SMARTS) is 1. The van der Waals surface area contributed by atoms with E-state index in [4.69, 9.17) is 0 Å². The number of anilines is 1. The number of hydrogen-bond acceptors (Lipinski definition) is 3. The lowest BCUT2D eigenvalue weighted by Crippen LogP contribution is -2.35. The highest BCUT2D eigenvalue weighted by Crippen LogP contribution is 2.35. The summed E-state index contributed by atoms with van der Waals surface area (Å²) in [6.45, 7) is 0.277. The van der Waals surface area contributed by atoms with Gasteiger partial charge in [0.05, 0.1) is 23.5 Å². The molecule has 0 atom stereocenters. The molecule has 3 rings (SSSR count). The highest BCUT2D eigenvalue weighted by molar-refractivity contribution is 8.00. The van der Waals surface area contributed by atoms with Gasteiger partial charge in [-0.25, -0.2) is 4.79 Å². The third-order valence-corrected chi connectivity index (χ3v) is 4.43. The van der Waals surface area contributed by atoms with E-state index in [9.17, 15) is 14.7 Å². The number of nitrogens with zero attached hydrogens (tertiary/aromatic N) is 1. The molecule has 0 unspecified atom stereocenters. The van der Waals surface area contributed by atoms with E-state index in [2.05, 4.69) is 0 Å². The van der Waals surface area contributed by atoms with E-state index in [1.165, 1.54) is 11.8 Å². The van der Waals surface area contributed by atoms with Gasteiger partial charge in [0, 0.05) is 4.90 Å². The number of aromatic carboxylic acids is 1. The Morgan fingerprint density at radius 3 is 2.67 bits per heavy atom. The second kappa shape index (κ2) is 5.61. The van der Waals surface area contributed by atoms with E-state index in [0.29, 0.717) is 11.3 Å². The standard InChI is InChI=1S/C16H13NO3S/c18-15-10-21-14-8-4-3-7-13(14)17(15)9-11-5-1-2-6-12(11)16(19)20/h1-8H,9-10H2,(H,19,20). The van der Waals surface area contributed by atoms with Crippen LogP contribution in [-0.2, 0) is 11.3 Å². The van der Waals surface area contributed by atoms with Gasteiger partial charge in [0.2, 0.25) is 5.91 Å². The van der Waals surface area contributed by atoms with Crippen molar-refractivity contribution in [1.82, 2.24) is 0 Å². The van der Waals surface area contributed by atoms with E-state index in [0.717, 1.165) is 10.6 Å².